The number of rotatable bonds is 9. The van der Waals surface area contributed by atoms with Crippen molar-refractivity contribution in [1.29, 1.82) is 0 Å². The molecule has 18 heavy (non-hydrogen) atoms. The highest BCUT2D eigenvalue weighted by Crippen LogP contribution is 2.48. The van der Waals surface area contributed by atoms with Crippen LogP contribution in [0, 0.1) is 11.3 Å². The fourth-order valence-electron chi connectivity index (χ4n) is 2.78. The van der Waals surface area contributed by atoms with Crippen molar-refractivity contribution in [3.63, 3.8) is 0 Å². The number of carbonyl (C=O) groups is 2. The summed E-state index contributed by atoms with van der Waals surface area (Å²) in [6.45, 7) is 2.19. The Kier molecular flexibility index (Phi) is 5.63. The number of hydrogen-bond donors (Lipinski definition) is 2. The fraction of sp³-hybridized carbons (Fsp3) is 0.857. The van der Waals surface area contributed by atoms with Crippen LogP contribution in [0.5, 0.6) is 0 Å². The van der Waals surface area contributed by atoms with Gasteiger partial charge >= 0.3 is 11.9 Å². The van der Waals surface area contributed by atoms with Gasteiger partial charge in [0.1, 0.15) is 0 Å². The van der Waals surface area contributed by atoms with Crippen molar-refractivity contribution in [3.05, 3.63) is 0 Å². The van der Waals surface area contributed by atoms with Crippen LogP contribution in [0.4, 0.5) is 0 Å². The summed E-state index contributed by atoms with van der Waals surface area (Å²) in [6, 6.07) is 0. The summed E-state index contributed by atoms with van der Waals surface area (Å²) in [5.41, 5.74) is -1.48. The van der Waals surface area contributed by atoms with E-state index in [-0.39, 0.29) is 0 Å². The van der Waals surface area contributed by atoms with Gasteiger partial charge in [0.15, 0.2) is 5.41 Å². The van der Waals surface area contributed by atoms with Crippen molar-refractivity contribution < 1.29 is 19.8 Å². The van der Waals surface area contributed by atoms with Crippen molar-refractivity contribution >= 4 is 11.9 Å². The Labute approximate surface area is 108 Å². The lowest BCUT2D eigenvalue weighted by Gasteiger charge is -2.41. The third-order valence-electron chi connectivity index (χ3n) is 4.06. The highest BCUT2D eigenvalue weighted by atomic mass is 16.4. The van der Waals surface area contributed by atoms with E-state index in [9.17, 15) is 9.59 Å². The summed E-state index contributed by atoms with van der Waals surface area (Å²) < 4.78 is 0. The maximum absolute atomic E-state index is 11.0. The molecular formula is C14H24O4. The number of carboxylic acid groups (broad SMARTS) is 2. The first-order valence-corrected chi connectivity index (χ1v) is 6.99. The largest absolute Gasteiger partial charge is 0.480 e. The average Bonchev–Trinajstić information content (AvgIpc) is 2.24. The standard InChI is InChI=1S/C14H24O4/c1-2-3-4-5-6-7-8-11-9-14(10-11,12(15)16)13(17)18/h11H,2-10H2,1H3,(H,15,16)(H,17,18). The van der Waals surface area contributed by atoms with Gasteiger partial charge in [-0.1, -0.05) is 51.9 Å². The Morgan fingerprint density at radius 3 is 2.00 bits per heavy atom. The summed E-state index contributed by atoms with van der Waals surface area (Å²) >= 11 is 0. The second kappa shape index (κ2) is 6.76. The van der Waals surface area contributed by atoms with E-state index in [0.29, 0.717) is 18.8 Å². The van der Waals surface area contributed by atoms with Crippen molar-refractivity contribution in [2.24, 2.45) is 11.3 Å². The molecule has 1 fully saturated rings. The fourth-order valence-corrected chi connectivity index (χ4v) is 2.78. The summed E-state index contributed by atoms with van der Waals surface area (Å²) in [4.78, 5) is 21.9. The summed E-state index contributed by atoms with van der Waals surface area (Å²) in [5.74, 6) is -2.05. The third-order valence-corrected chi connectivity index (χ3v) is 4.06. The molecular weight excluding hydrogens is 232 g/mol. The van der Waals surface area contributed by atoms with E-state index in [1.165, 1.54) is 32.1 Å². The number of carboxylic acids is 2. The second-order valence-corrected chi connectivity index (χ2v) is 5.52. The molecule has 4 heteroatoms. The lowest BCUT2D eigenvalue weighted by atomic mass is 9.60. The maximum Gasteiger partial charge on any atom is 0.321 e. The molecule has 0 radical (unpaired) electrons. The molecule has 104 valence electrons. The van der Waals surface area contributed by atoms with Gasteiger partial charge in [-0.05, 0) is 18.8 Å². The number of hydrogen-bond acceptors (Lipinski definition) is 2. The molecule has 1 aliphatic carbocycles. The molecule has 0 unspecified atom stereocenters. The zero-order valence-electron chi connectivity index (χ0n) is 11.2. The van der Waals surface area contributed by atoms with Gasteiger partial charge in [0.05, 0.1) is 0 Å². The van der Waals surface area contributed by atoms with Gasteiger partial charge in [-0.15, -0.1) is 0 Å². The van der Waals surface area contributed by atoms with E-state index in [2.05, 4.69) is 6.92 Å². The van der Waals surface area contributed by atoms with Gasteiger partial charge in [-0.2, -0.15) is 0 Å². The Morgan fingerprint density at radius 2 is 1.50 bits per heavy atom. The Balaban J connectivity index is 2.14. The van der Waals surface area contributed by atoms with Crippen molar-refractivity contribution in [1.82, 2.24) is 0 Å². The predicted molar refractivity (Wildman–Crippen MR) is 68.4 cm³/mol. The second-order valence-electron chi connectivity index (χ2n) is 5.52. The van der Waals surface area contributed by atoms with E-state index in [4.69, 9.17) is 10.2 Å². The molecule has 0 aromatic rings. The normalized spacial score (nSPS) is 18.3. The molecule has 2 N–H and O–H groups in total. The van der Waals surface area contributed by atoms with Crippen LogP contribution in [-0.2, 0) is 9.59 Å². The minimum atomic E-state index is -1.48. The molecule has 0 aromatic carbocycles. The molecule has 0 heterocycles. The van der Waals surface area contributed by atoms with Crippen LogP contribution in [0.1, 0.15) is 64.7 Å². The molecule has 0 aromatic heterocycles. The van der Waals surface area contributed by atoms with E-state index in [1.807, 2.05) is 0 Å². The van der Waals surface area contributed by atoms with Gasteiger partial charge in [0.25, 0.3) is 0 Å². The lowest BCUT2D eigenvalue weighted by molar-refractivity contribution is -0.175. The molecule has 0 saturated heterocycles. The van der Waals surface area contributed by atoms with E-state index in [0.717, 1.165) is 12.8 Å². The molecule has 0 bridgehead atoms. The first-order chi connectivity index (χ1) is 8.53. The SMILES string of the molecule is CCCCCCCCC1CC(C(=O)O)(C(=O)O)C1. The molecule has 0 atom stereocenters. The van der Waals surface area contributed by atoms with Gasteiger partial charge in [0.2, 0.25) is 0 Å². The first kappa shape index (κ1) is 15.0. The van der Waals surface area contributed by atoms with Crippen LogP contribution in [0.25, 0.3) is 0 Å². The quantitative estimate of drug-likeness (QED) is 0.490. The molecule has 0 aliphatic heterocycles. The summed E-state index contributed by atoms with van der Waals surface area (Å²) in [7, 11) is 0. The van der Waals surface area contributed by atoms with E-state index >= 15 is 0 Å². The molecule has 1 aliphatic rings. The zero-order chi connectivity index (χ0) is 13.6. The Morgan fingerprint density at radius 1 is 1.00 bits per heavy atom. The zero-order valence-corrected chi connectivity index (χ0v) is 11.2. The minimum Gasteiger partial charge on any atom is -0.480 e. The van der Waals surface area contributed by atoms with Gasteiger partial charge < -0.3 is 10.2 Å². The van der Waals surface area contributed by atoms with Gasteiger partial charge in [-0.25, -0.2) is 0 Å². The van der Waals surface area contributed by atoms with Crippen LogP contribution in [0.2, 0.25) is 0 Å². The van der Waals surface area contributed by atoms with Gasteiger partial charge in [-0.3, -0.25) is 9.59 Å². The highest BCUT2D eigenvalue weighted by Gasteiger charge is 2.56. The van der Waals surface area contributed by atoms with Crippen LogP contribution >= 0.6 is 0 Å². The maximum atomic E-state index is 11.0. The van der Waals surface area contributed by atoms with Crippen LogP contribution < -0.4 is 0 Å². The molecule has 1 rings (SSSR count). The van der Waals surface area contributed by atoms with Crippen LogP contribution in [0.3, 0.4) is 0 Å². The van der Waals surface area contributed by atoms with Crippen molar-refractivity contribution in [3.8, 4) is 0 Å². The first-order valence-electron chi connectivity index (χ1n) is 6.99. The number of unbranched alkanes of at least 4 members (excludes halogenated alkanes) is 5. The molecule has 0 spiro atoms. The average molecular weight is 256 g/mol. The monoisotopic (exact) mass is 256 g/mol. The number of aliphatic carboxylic acids is 2. The smallest absolute Gasteiger partial charge is 0.321 e. The molecule has 4 nitrogen and oxygen atoms in total. The Hall–Kier alpha value is -1.06. The third kappa shape index (κ3) is 3.47. The molecule has 1 saturated carbocycles. The van der Waals surface area contributed by atoms with Crippen LogP contribution in [0.15, 0.2) is 0 Å². The van der Waals surface area contributed by atoms with E-state index in [1.54, 1.807) is 0 Å². The van der Waals surface area contributed by atoms with Crippen molar-refractivity contribution in [2.45, 2.75) is 64.7 Å². The highest BCUT2D eigenvalue weighted by molar-refractivity contribution is 5.99. The lowest BCUT2D eigenvalue weighted by Crippen LogP contribution is -2.49. The summed E-state index contributed by atoms with van der Waals surface area (Å²) in [5, 5.41) is 17.9. The summed E-state index contributed by atoms with van der Waals surface area (Å²) in [6.07, 6.45) is 8.92. The van der Waals surface area contributed by atoms with Crippen molar-refractivity contribution in [2.75, 3.05) is 0 Å². The Bertz CT molecular complexity index is 276. The van der Waals surface area contributed by atoms with Gasteiger partial charge in [0, 0.05) is 0 Å². The predicted octanol–water partition coefficient (Wildman–Crippen LogP) is 3.30. The molecule has 0 amide bonds. The van der Waals surface area contributed by atoms with Crippen LogP contribution in [-0.4, -0.2) is 22.2 Å². The topological polar surface area (TPSA) is 74.6 Å². The van der Waals surface area contributed by atoms with E-state index < -0.39 is 17.4 Å². The minimum absolute atomic E-state index is 0.295.